The summed E-state index contributed by atoms with van der Waals surface area (Å²) < 4.78 is 11.1. The van der Waals surface area contributed by atoms with Gasteiger partial charge in [-0.15, -0.1) is 0 Å². The summed E-state index contributed by atoms with van der Waals surface area (Å²) in [5.41, 5.74) is 0.532. The Balaban J connectivity index is 2.29. The van der Waals surface area contributed by atoms with E-state index in [9.17, 15) is 4.21 Å². The highest BCUT2D eigenvalue weighted by molar-refractivity contribution is 7.84. The Bertz CT molecular complexity index is 253. The van der Waals surface area contributed by atoms with Crippen molar-refractivity contribution in [2.45, 2.75) is 71.4 Å². The van der Waals surface area contributed by atoms with Gasteiger partial charge in [-0.05, 0) is 44.4 Å². The predicted octanol–water partition coefficient (Wildman–Crippen LogP) is 3.09. The van der Waals surface area contributed by atoms with Crippen LogP contribution in [0.15, 0.2) is 0 Å². The smallest absolute Gasteiger partial charge is 0.0246 e. The van der Waals surface area contributed by atoms with Crippen LogP contribution in [0.4, 0.5) is 0 Å². The SMILES string of the molecule is CC(CCS(C)=O)NC1CCCC(C)(C)CC1. The first-order valence-corrected chi connectivity index (χ1v) is 8.68. The van der Waals surface area contributed by atoms with Crippen molar-refractivity contribution in [3.8, 4) is 0 Å². The third-order valence-electron chi connectivity index (χ3n) is 3.93. The van der Waals surface area contributed by atoms with Crippen LogP contribution in [0.2, 0.25) is 0 Å². The standard InChI is InChI=1S/C14H29NOS/c1-12(8-11-17(4)16)15-13-6-5-9-14(2,3)10-7-13/h12-13,15H,5-11H2,1-4H3. The first-order chi connectivity index (χ1) is 7.89. The summed E-state index contributed by atoms with van der Waals surface area (Å²) in [5, 5.41) is 3.72. The van der Waals surface area contributed by atoms with Crippen LogP contribution in [-0.2, 0) is 10.8 Å². The molecule has 17 heavy (non-hydrogen) atoms. The van der Waals surface area contributed by atoms with Gasteiger partial charge in [-0.2, -0.15) is 0 Å². The number of hydrogen-bond donors (Lipinski definition) is 1. The van der Waals surface area contributed by atoms with Crippen molar-refractivity contribution >= 4 is 10.8 Å². The van der Waals surface area contributed by atoms with E-state index >= 15 is 0 Å². The summed E-state index contributed by atoms with van der Waals surface area (Å²) in [7, 11) is -0.649. The van der Waals surface area contributed by atoms with Crippen LogP contribution in [-0.4, -0.2) is 28.3 Å². The van der Waals surface area contributed by atoms with Crippen LogP contribution in [0.5, 0.6) is 0 Å². The molecule has 0 aromatic rings. The molecule has 0 aliphatic heterocycles. The van der Waals surface area contributed by atoms with Crippen LogP contribution >= 0.6 is 0 Å². The molecule has 1 saturated carbocycles. The first kappa shape index (κ1) is 15.2. The van der Waals surface area contributed by atoms with E-state index in [-0.39, 0.29) is 0 Å². The molecule has 3 atom stereocenters. The Morgan fingerprint density at radius 3 is 2.71 bits per heavy atom. The van der Waals surface area contributed by atoms with E-state index in [1.807, 2.05) is 0 Å². The molecule has 3 heteroatoms. The number of hydrogen-bond acceptors (Lipinski definition) is 2. The van der Waals surface area contributed by atoms with Crippen molar-refractivity contribution in [2.24, 2.45) is 5.41 Å². The van der Waals surface area contributed by atoms with Gasteiger partial charge in [-0.3, -0.25) is 4.21 Å². The minimum Gasteiger partial charge on any atom is -0.311 e. The maximum atomic E-state index is 11.1. The zero-order valence-corrected chi connectivity index (χ0v) is 12.7. The Morgan fingerprint density at radius 1 is 1.35 bits per heavy atom. The van der Waals surface area contributed by atoms with Crippen LogP contribution in [0.3, 0.4) is 0 Å². The van der Waals surface area contributed by atoms with Crippen molar-refractivity contribution in [1.82, 2.24) is 5.32 Å². The molecular weight excluding hydrogens is 230 g/mol. The zero-order chi connectivity index (χ0) is 12.9. The van der Waals surface area contributed by atoms with Gasteiger partial charge in [0.15, 0.2) is 0 Å². The van der Waals surface area contributed by atoms with E-state index in [4.69, 9.17) is 0 Å². The lowest BCUT2D eigenvalue weighted by atomic mass is 9.85. The summed E-state index contributed by atoms with van der Waals surface area (Å²) >= 11 is 0. The summed E-state index contributed by atoms with van der Waals surface area (Å²) in [5.74, 6) is 0.826. The highest BCUT2D eigenvalue weighted by Gasteiger charge is 2.24. The van der Waals surface area contributed by atoms with Crippen LogP contribution in [0.25, 0.3) is 0 Å². The van der Waals surface area contributed by atoms with E-state index in [1.165, 1.54) is 32.1 Å². The lowest BCUT2D eigenvalue weighted by Crippen LogP contribution is -2.37. The summed E-state index contributed by atoms with van der Waals surface area (Å²) in [4.78, 5) is 0. The molecule has 0 aromatic heterocycles. The van der Waals surface area contributed by atoms with Crippen LogP contribution in [0.1, 0.15) is 59.3 Å². The fraction of sp³-hybridized carbons (Fsp3) is 1.00. The molecule has 2 nitrogen and oxygen atoms in total. The average molecular weight is 259 g/mol. The Morgan fingerprint density at radius 2 is 2.06 bits per heavy atom. The minimum absolute atomic E-state index is 0.505. The summed E-state index contributed by atoms with van der Waals surface area (Å²) in [6.45, 7) is 7.00. The quantitative estimate of drug-likeness (QED) is 0.769. The second-order valence-electron chi connectivity index (χ2n) is 6.43. The molecule has 1 fully saturated rings. The first-order valence-electron chi connectivity index (χ1n) is 6.95. The molecule has 1 aliphatic rings. The van der Waals surface area contributed by atoms with Gasteiger partial charge >= 0.3 is 0 Å². The third kappa shape index (κ3) is 6.56. The van der Waals surface area contributed by atoms with Crippen molar-refractivity contribution in [3.63, 3.8) is 0 Å². The third-order valence-corrected chi connectivity index (χ3v) is 4.74. The maximum Gasteiger partial charge on any atom is 0.0246 e. The van der Waals surface area contributed by atoms with E-state index in [1.54, 1.807) is 6.26 Å². The molecule has 0 radical (unpaired) electrons. The molecule has 1 rings (SSSR count). The molecule has 1 N–H and O–H groups in total. The number of rotatable bonds is 5. The largest absolute Gasteiger partial charge is 0.311 e. The summed E-state index contributed by atoms with van der Waals surface area (Å²) in [6.07, 6.45) is 9.46. The van der Waals surface area contributed by atoms with Gasteiger partial charge in [-0.1, -0.05) is 20.3 Å². The van der Waals surface area contributed by atoms with Gasteiger partial charge in [0.1, 0.15) is 0 Å². The van der Waals surface area contributed by atoms with Crippen molar-refractivity contribution in [3.05, 3.63) is 0 Å². The van der Waals surface area contributed by atoms with Gasteiger partial charge in [-0.25, -0.2) is 0 Å². The molecule has 3 unspecified atom stereocenters. The maximum absolute atomic E-state index is 11.1. The molecule has 0 amide bonds. The predicted molar refractivity (Wildman–Crippen MR) is 76.8 cm³/mol. The van der Waals surface area contributed by atoms with Gasteiger partial charge < -0.3 is 5.32 Å². The second kappa shape index (κ2) is 6.89. The molecular formula is C14H29NOS. The second-order valence-corrected chi connectivity index (χ2v) is 7.98. The molecule has 0 saturated heterocycles. The average Bonchev–Trinajstić information content (AvgIpc) is 2.37. The Hall–Kier alpha value is 0.110. The molecule has 102 valence electrons. The molecule has 0 bridgehead atoms. The van der Waals surface area contributed by atoms with Crippen LogP contribution < -0.4 is 5.32 Å². The molecule has 1 aliphatic carbocycles. The van der Waals surface area contributed by atoms with Crippen molar-refractivity contribution < 1.29 is 4.21 Å². The molecule has 0 heterocycles. The van der Waals surface area contributed by atoms with E-state index in [0.717, 1.165) is 12.2 Å². The normalized spacial score (nSPS) is 28.4. The lowest BCUT2D eigenvalue weighted by molar-refractivity contribution is 0.307. The Kier molecular flexibility index (Phi) is 6.14. The van der Waals surface area contributed by atoms with E-state index in [2.05, 4.69) is 26.1 Å². The molecule has 0 aromatic carbocycles. The highest BCUT2D eigenvalue weighted by atomic mass is 32.2. The Labute approximate surface area is 109 Å². The fourth-order valence-electron chi connectivity index (χ4n) is 2.66. The van der Waals surface area contributed by atoms with Gasteiger partial charge in [0.25, 0.3) is 0 Å². The topological polar surface area (TPSA) is 29.1 Å². The van der Waals surface area contributed by atoms with Gasteiger partial charge in [0.2, 0.25) is 0 Å². The molecule has 0 spiro atoms. The fourth-order valence-corrected chi connectivity index (χ4v) is 3.34. The highest BCUT2D eigenvalue weighted by Crippen LogP contribution is 2.33. The van der Waals surface area contributed by atoms with Gasteiger partial charge in [0, 0.05) is 34.9 Å². The van der Waals surface area contributed by atoms with Crippen molar-refractivity contribution in [2.75, 3.05) is 12.0 Å². The van der Waals surface area contributed by atoms with Crippen LogP contribution in [0, 0.1) is 5.41 Å². The van der Waals surface area contributed by atoms with E-state index in [0.29, 0.717) is 17.5 Å². The monoisotopic (exact) mass is 259 g/mol. The lowest BCUT2D eigenvalue weighted by Gasteiger charge is -2.24. The van der Waals surface area contributed by atoms with Crippen molar-refractivity contribution in [1.29, 1.82) is 0 Å². The minimum atomic E-state index is -0.649. The van der Waals surface area contributed by atoms with E-state index < -0.39 is 10.8 Å². The summed E-state index contributed by atoms with van der Waals surface area (Å²) in [6, 6.07) is 1.18. The van der Waals surface area contributed by atoms with Gasteiger partial charge in [0.05, 0.1) is 0 Å². The zero-order valence-electron chi connectivity index (χ0n) is 11.9. The number of nitrogens with one attached hydrogen (secondary N) is 1.